The lowest BCUT2D eigenvalue weighted by molar-refractivity contribution is -0.121. The lowest BCUT2D eigenvalue weighted by atomic mass is 10.2. The average Bonchev–Trinajstić information content (AvgIpc) is 3.06. The number of amides is 1. The van der Waals surface area contributed by atoms with Crippen LogP contribution in [-0.2, 0) is 11.3 Å². The highest BCUT2D eigenvalue weighted by Crippen LogP contribution is 2.16. The third-order valence-electron chi connectivity index (χ3n) is 2.84. The molecule has 0 spiro atoms. The zero-order chi connectivity index (χ0) is 14.5. The number of aromatic carboxylic acids is 1. The Labute approximate surface area is 120 Å². The van der Waals surface area contributed by atoms with Crippen LogP contribution in [0.5, 0.6) is 0 Å². The van der Waals surface area contributed by atoms with Crippen LogP contribution in [0.1, 0.15) is 28.3 Å². The van der Waals surface area contributed by atoms with Crippen molar-refractivity contribution in [2.45, 2.75) is 19.4 Å². The number of rotatable bonds is 6. The summed E-state index contributed by atoms with van der Waals surface area (Å²) in [5, 5.41) is 14.6. The smallest absolute Gasteiger partial charge is 0.352 e. The van der Waals surface area contributed by atoms with Gasteiger partial charge in [0.1, 0.15) is 12.2 Å². The molecule has 2 rings (SSSR count). The number of carbonyl (C=O) groups excluding carboxylic acids is 1. The molecular formula is C13H15N3O3S. The second-order valence-corrected chi connectivity index (χ2v) is 5.33. The lowest BCUT2D eigenvalue weighted by Gasteiger charge is -2.11. The summed E-state index contributed by atoms with van der Waals surface area (Å²) in [7, 11) is 0. The van der Waals surface area contributed by atoms with Gasteiger partial charge in [0.05, 0.1) is 5.01 Å². The number of aromatic nitrogens is 2. The summed E-state index contributed by atoms with van der Waals surface area (Å²) in [6.45, 7) is 2.46. The summed E-state index contributed by atoms with van der Waals surface area (Å²) in [5.41, 5.74) is 0.105. The summed E-state index contributed by atoms with van der Waals surface area (Å²) < 4.78 is 1.41. The summed E-state index contributed by atoms with van der Waals surface area (Å²) in [6.07, 6.45) is 3.31. The first kappa shape index (κ1) is 14.3. The molecule has 0 aromatic carbocycles. The molecule has 2 aromatic rings. The van der Waals surface area contributed by atoms with E-state index in [4.69, 9.17) is 5.11 Å². The van der Waals surface area contributed by atoms with Crippen molar-refractivity contribution >= 4 is 23.2 Å². The predicted octanol–water partition coefficient (Wildman–Crippen LogP) is 1.56. The van der Waals surface area contributed by atoms with Crippen LogP contribution >= 0.6 is 11.3 Å². The van der Waals surface area contributed by atoms with Gasteiger partial charge in [0.15, 0.2) is 0 Å². The Morgan fingerprint density at radius 1 is 1.55 bits per heavy atom. The van der Waals surface area contributed by atoms with Gasteiger partial charge >= 0.3 is 5.97 Å². The maximum Gasteiger partial charge on any atom is 0.352 e. The third kappa shape index (κ3) is 3.45. The molecule has 1 unspecified atom stereocenters. The summed E-state index contributed by atoms with van der Waals surface area (Å²) in [6, 6.07) is 3.07. The first-order chi connectivity index (χ1) is 9.58. The van der Waals surface area contributed by atoms with E-state index in [9.17, 15) is 9.59 Å². The minimum atomic E-state index is -1.04. The van der Waals surface area contributed by atoms with Gasteiger partial charge in [-0.25, -0.2) is 9.78 Å². The van der Waals surface area contributed by atoms with Crippen molar-refractivity contribution in [2.75, 3.05) is 6.54 Å². The van der Waals surface area contributed by atoms with Crippen molar-refractivity contribution in [3.05, 3.63) is 40.6 Å². The first-order valence-electron chi connectivity index (χ1n) is 6.12. The largest absolute Gasteiger partial charge is 0.477 e. The van der Waals surface area contributed by atoms with E-state index in [1.165, 1.54) is 10.6 Å². The average molecular weight is 293 g/mol. The number of hydrogen-bond acceptors (Lipinski definition) is 4. The van der Waals surface area contributed by atoms with Crippen molar-refractivity contribution in [1.82, 2.24) is 14.9 Å². The third-order valence-corrected chi connectivity index (χ3v) is 3.85. The molecule has 0 bridgehead atoms. The number of hydrogen-bond donors (Lipinski definition) is 2. The fourth-order valence-electron chi connectivity index (χ4n) is 1.79. The van der Waals surface area contributed by atoms with Crippen LogP contribution < -0.4 is 5.32 Å². The zero-order valence-corrected chi connectivity index (χ0v) is 11.8. The molecule has 7 heteroatoms. The quantitative estimate of drug-likeness (QED) is 0.846. The van der Waals surface area contributed by atoms with Crippen LogP contribution in [0.15, 0.2) is 29.9 Å². The highest BCUT2D eigenvalue weighted by Gasteiger charge is 2.13. The van der Waals surface area contributed by atoms with E-state index in [0.717, 1.165) is 5.01 Å². The molecule has 1 atom stereocenters. The van der Waals surface area contributed by atoms with E-state index >= 15 is 0 Å². The predicted molar refractivity (Wildman–Crippen MR) is 74.9 cm³/mol. The van der Waals surface area contributed by atoms with Gasteiger partial charge < -0.3 is 15.0 Å². The van der Waals surface area contributed by atoms with Crippen LogP contribution in [-0.4, -0.2) is 33.1 Å². The van der Waals surface area contributed by atoms with E-state index in [2.05, 4.69) is 10.3 Å². The van der Waals surface area contributed by atoms with Crippen LogP contribution in [0.25, 0.3) is 0 Å². The van der Waals surface area contributed by atoms with Crippen molar-refractivity contribution in [1.29, 1.82) is 0 Å². The van der Waals surface area contributed by atoms with Gasteiger partial charge in [0, 0.05) is 30.2 Å². The van der Waals surface area contributed by atoms with E-state index in [1.807, 2.05) is 12.3 Å². The second-order valence-electron chi connectivity index (χ2n) is 4.40. The van der Waals surface area contributed by atoms with Gasteiger partial charge in [-0.1, -0.05) is 6.92 Å². The van der Waals surface area contributed by atoms with Crippen LogP contribution in [0.4, 0.5) is 0 Å². The maximum absolute atomic E-state index is 11.8. The van der Waals surface area contributed by atoms with Gasteiger partial charge in [-0.15, -0.1) is 11.3 Å². The number of nitrogens with one attached hydrogen (secondary N) is 1. The number of nitrogens with zero attached hydrogens (tertiary/aromatic N) is 2. The fraction of sp³-hybridized carbons (Fsp3) is 0.308. The van der Waals surface area contributed by atoms with Crippen molar-refractivity contribution in [3.8, 4) is 0 Å². The summed E-state index contributed by atoms with van der Waals surface area (Å²) in [5.74, 6) is -1.12. The fourth-order valence-corrected chi connectivity index (χ4v) is 2.49. The molecule has 2 heterocycles. The first-order valence-corrected chi connectivity index (χ1v) is 7.00. The lowest BCUT2D eigenvalue weighted by Crippen LogP contribution is -2.31. The number of carbonyl (C=O) groups is 2. The van der Waals surface area contributed by atoms with Gasteiger partial charge in [0.25, 0.3) is 0 Å². The van der Waals surface area contributed by atoms with Gasteiger partial charge in [-0.05, 0) is 12.1 Å². The SMILES string of the molecule is CC(CNC(=O)Cn1cccc1C(=O)O)c1nccs1. The van der Waals surface area contributed by atoms with Crippen molar-refractivity contribution in [3.63, 3.8) is 0 Å². The van der Waals surface area contributed by atoms with Crippen LogP contribution in [0.3, 0.4) is 0 Å². The molecule has 6 nitrogen and oxygen atoms in total. The Bertz CT molecular complexity index is 592. The van der Waals surface area contributed by atoms with E-state index in [0.29, 0.717) is 6.54 Å². The minimum Gasteiger partial charge on any atom is -0.477 e. The topological polar surface area (TPSA) is 84.2 Å². The summed E-state index contributed by atoms with van der Waals surface area (Å²) >= 11 is 1.55. The molecule has 0 aliphatic carbocycles. The molecule has 0 radical (unpaired) electrons. The highest BCUT2D eigenvalue weighted by molar-refractivity contribution is 7.09. The molecule has 2 N–H and O–H groups in total. The number of carboxylic acids is 1. The molecule has 1 amide bonds. The molecular weight excluding hydrogens is 278 g/mol. The Hall–Kier alpha value is -2.15. The van der Waals surface area contributed by atoms with Gasteiger partial charge in [-0.3, -0.25) is 4.79 Å². The molecule has 0 fully saturated rings. The standard InChI is InChI=1S/C13H15N3O3S/c1-9(12-14-4-6-20-12)7-15-11(17)8-16-5-2-3-10(16)13(18)19/h2-6,9H,7-8H2,1H3,(H,15,17)(H,18,19). The molecule has 2 aromatic heterocycles. The maximum atomic E-state index is 11.8. The Balaban J connectivity index is 1.87. The Kier molecular flexibility index (Phi) is 4.52. The second kappa shape index (κ2) is 6.33. The van der Waals surface area contributed by atoms with E-state index < -0.39 is 5.97 Å². The van der Waals surface area contributed by atoms with Crippen LogP contribution in [0, 0.1) is 0 Å². The molecule has 0 aliphatic heterocycles. The molecule has 0 saturated carbocycles. The monoisotopic (exact) mass is 293 g/mol. The van der Waals surface area contributed by atoms with E-state index in [-0.39, 0.29) is 24.1 Å². The summed E-state index contributed by atoms with van der Waals surface area (Å²) in [4.78, 5) is 26.9. The number of thiazole rings is 1. The van der Waals surface area contributed by atoms with Gasteiger partial charge in [-0.2, -0.15) is 0 Å². The Morgan fingerprint density at radius 3 is 3.00 bits per heavy atom. The Morgan fingerprint density at radius 2 is 2.35 bits per heavy atom. The van der Waals surface area contributed by atoms with E-state index in [1.54, 1.807) is 29.8 Å². The zero-order valence-electron chi connectivity index (χ0n) is 10.9. The molecule has 0 saturated heterocycles. The van der Waals surface area contributed by atoms with Crippen molar-refractivity contribution < 1.29 is 14.7 Å². The molecule has 0 aliphatic rings. The van der Waals surface area contributed by atoms with Crippen LogP contribution in [0.2, 0.25) is 0 Å². The highest BCUT2D eigenvalue weighted by atomic mass is 32.1. The van der Waals surface area contributed by atoms with Gasteiger partial charge in [0.2, 0.25) is 5.91 Å². The molecule has 20 heavy (non-hydrogen) atoms. The molecule has 106 valence electrons. The minimum absolute atomic E-state index is 0.000771. The van der Waals surface area contributed by atoms with Crippen molar-refractivity contribution in [2.24, 2.45) is 0 Å². The number of carboxylic acid groups (broad SMARTS) is 1. The normalized spacial score (nSPS) is 12.1.